The third-order valence-electron chi connectivity index (χ3n) is 2.85. The number of aromatic amines is 1. The molecule has 8 heteroatoms. The van der Waals surface area contributed by atoms with Crippen molar-refractivity contribution >= 4 is 23.6 Å². The van der Waals surface area contributed by atoms with Gasteiger partial charge in [0.1, 0.15) is 0 Å². The average Bonchev–Trinajstić information content (AvgIpc) is 3.06. The molecular weight excluding hydrogens is 319 g/mol. The van der Waals surface area contributed by atoms with Crippen LogP contribution in [-0.2, 0) is 6.18 Å². The van der Waals surface area contributed by atoms with Crippen LogP contribution in [0.15, 0.2) is 41.8 Å². The molecular formula is C13H8F3N3S2. The number of nitrogens with one attached hydrogen (secondary N) is 1. The van der Waals surface area contributed by atoms with Crippen LogP contribution in [0, 0.1) is 4.77 Å². The fourth-order valence-electron chi connectivity index (χ4n) is 1.93. The predicted octanol–water partition coefficient (Wildman–Crippen LogP) is 4.68. The maximum atomic E-state index is 12.8. The molecule has 2 aromatic heterocycles. The van der Waals surface area contributed by atoms with Gasteiger partial charge < -0.3 is 0 Å². The van der Waals surface area contributed by atoms with E-state index >= 15 is 0 Å². The Balaban J connectivity index is 2.18. The van der Waals surface area contributed by atoms with Crippen LogP contribution in [0.5, 0.6) is 0 Å². The fourth-order valence-corrected chi connectivity index (χ4v) is 2.87. The summed E-state index contributed by atoms with van der Waals surface area (Å²) in [7, 11) is 0. The maximum Gasteiger partial charge on any atom is 0.416 e. The molecule has 0 saturated carbocycles. The number of aromatic nitrogens is 3. The molecule has 0 saturated heterocycles. The lowest BCUT2D eigenvalue weighted by Gasteiger charge is -2.10. The van der Waals surface area contributed by atoms with Gasteiger partial charge in [0.25, 0.3) is 0 Å². The van der Waals surface area contributed by atoms with Crippen LogP contribution < -0.4 is 0 Å². The molecule has 3 nitrogen and oxygen atoms in total. The molecule has 0 amide bonds. The molecule has 3 aromatic rings. The van der Waals surface area contributed by atoms with Gasteiger partial charge in [0, 0.05) is 0 Å². The average molecular weight is 327 g/mol. The summed E-state index contributed by atoms with van der Waals surface area (Å²) >= 11 is 6.57. The van der Waals surface area contributed by atoms with Gasteiger partial charge in [-0.3, -0.25) is 9.67 Å². The van der Waals surface area contributed by atoms with E-state index in [1.165, 1.54) is 22.0 Å². The molecule has 0 atom stereocenters. The summed E-state index contributed by atoms with van der Waals surface area (Å²) in [4.78, 5) is 0.819. The van der Waals surface area contributed by atoms with Crippen molar-refractivity contribution in [2.24, 2.45) is 0 Å². The number of nitrogens with zero attached hydrogens (tertiary/aromatic N) is 2. The molecule has 0 radical (unpaired) electrons. The highest BCUT2D eigenvalue weighted by Gasteiger charge is 2.30. The number of hydrogen-bond acceptors (Lipinski definition) is 3. The Bertz CT molecular complexity index is 816. The van der Waals surface area contributed by atoms with E-state index in [0.717, 1.165) is 17.0 Å². The van der Waals surface area contributed by atoms with E-state index in [1.807, 2.05) is 17.5 Å². The zero-order valence-electron chi connectivity index (χ0n) is 10.4. The molecule has 0 unspecified atom stereocenters. The number of halogens is 3. The molecule has 2 heterocycles. The highest BCUT2D eigenvalue weighted by Crippen LogP contribution is 2.32. The van der Waals surface area contributed by atoms with Crippen molar-refractivity contribution in [2.45, 2.75) is 6.18 Å². The Morgan fingerprint density at radius 2 is 2.00 bits per heavy atom. The summed E-state index contributed by atoms with van der Waals surface area (Å²) in [6.45, 7) is 0. The molecule has 3 rings (SSSR count). The Kier molecular flexibility index (Phi) is 3.42. The maximum absolute atomic E-state index is 12.8. The smallest absolute Gasteiger partial charge is 0.267 e. The molecule has 0 bridgehead atoms. The SMILES string of the molecule is FC(F)(F)c1cccc(-n2c(-c3cccs3)n[nH]c2=S)c1. The third-order valence-corrected chi connectivity index (χ3v) is 3.99. The molecule has 0 aliphatic carbocycles. The zero-order valence-corrected chi connectivity index (χ0v) is 12.0. The lowest BCUT2D eigenvalue weighted by atomic mass is 10.2. The van der Waals surface area contributed by atoms with Gasteiger partial charge in [-0.1, -0.05) is 12.1 Å². The summed E-state index contributed by atoms with van der Waals surface area (Å²) < 4.78 is 40.2. The van der Waals surface area contributed by atoms with Gasteiger partial charge in [-0.15, -0.1) is 11.3 Å². The van der Waals surface area contributed by atoms with Crippen molar-refractivity contribution in [3.8, 4) is 16.4 Å². The van der Waals surface area contributed by atoms with Gasteiger partial charge in [-0.05, 0) is 41.9 Å². The molecule has 108 valence electrons. The number of hydrogen-bond donors (Lipinski definition) is 1. The number of rotatable bonds is 2. The minimum absolute atomic E-state index is 0.248. The normalized spacial score (nSPS) is 11.8. The Morgan fingerprint density at radius 3 is 2.67 bits per heavy atom. The van der Waals surface area contributed by atoms with Crippen molar-refractivity contribution in [3.05, 3.63) is 52.1 Å². The summed E-state index contributed by atoms with van der Waals surface area (Å²) in [5, 5.41) is 8.59. The number of thiophene rings is 1. The van der Waals surface area contributed by atoms with Gasteiger partial charge >= 0.3 is 6.18 Å². The molecule has 21 heavy (non-hydrogen) atoms. The quantitative estimate of drug-likeness (QED) is 0.694. The molecule has 0 spiro atoms. The van der Waals surface area contributed by atoms with Crippen LogP contribution in [0.1, 0.15) is 5.56 Å². The first-order chi connectivity index (χ1) is 9.97. The number of benzene rings is 1. The first-order valence-corrected chi connectivity index (χ1v) is 7.14. The van der Waals surface area contributed by atoms with Crippen molar-refractivity contribution in [1.29, 1.82) is 0 Å². The molecule has 1 N–H and O–H groups in total. The molecule has 0 aliphatic heterocycles. The molecule has 0 aliphatic rings. The van der Waals surface area contributed by atoms with Gasteiger partial charge in [-0.2, -0.15) is 18.3 Å². The first kappa shape index (κ1) is 14.0. The van der Waals surface area contributed by atoms with Crippen LogP contribution >= 0.6 is 23.6 Å². The third kappa shape index (κ3) is 2.64. The van der Waals surface area contributed by atoms with E-state index in [-0.39, 0.29) is 4.77 Å². The number of H-pyrrole nitrogens is 1. The zero-order chi connectivity index (χ0) is 15.0. The largest absolute Gasteiger partial charge is 0.416 e. The van der Waals surface area contributed by atoms with Crippen molar-refractivity contribution in [2.75, 3.05) is 0 Å². The van der Waals surface area contributed by atoms with Crippen LogP contribution in [0.4, 0.5) is 13.2 Å². The van der Waals surface area contributed by atoms with E-state index in [2.05, 4.69) is 10.2 Å². The van der Waals surface area contributed by atoms with Crippen LogP contribution in [0.25, 0.3) is 16.4 Å². The Labute approximate surface area is 126 Å². The lowest BCUT2D eigenvalue weighted by molar-refractivity contribution is -0.137. The van der Waals surface area contributed by atoms with Gasteiger partial charge in [0.15, 0.2) is 10.6 Å². The second-order valence-electron chi connectivity index (χ2n) is 4.21. The van der Waals surface area contributed by atoms with Gasteiger partial charge in [-0.25, -0.2) is 0 Å². The summed E-state index contributed by atoms with van der Waals surface area (Å²) in [5.74, 6) is 0.495. The first-order valence-electron chi connectivity index (χ1n) is 5.86. The van der Waals surface area contributed by atoms with E-state index in [0.29, 0.717) is 11.5 Å². The second kappa shape index (κ2) is 5.12. The van der Waals surface area contributed by atoms with E-state index in [4.69, 9.17) is 12.2 Å². The van der Waals surface area contributed by atoms with Crippen LogP contribution in [-0.4, -0.2) is 14.8 Å². The second-order valence-corrected chi connectivity index (χ2v) is 5.55. The van der Waals surface area contributed by atoms with Crippen LogP contribution in [0.2, 0.25) is 0 Å². The monoisotopic (exact) mass is 327 g/mol. The summed E-state index contributed by atoms with van der Waals surface area (Å²) in [5.41, 5.74) is -0.396. The Morgan fingerprint density at radius 1 is 1.19 bits per heavy atom. The summed E-state index contributed by atoms with van der Waals surface area (Å²) in [6, 6.07) is 8.68. The minimum atomic E-state index is -4.40. The Hall–Kier alpha value is -1.93. The molecule has 0 fully saturated rings. The van der Waals surface area contributed by atoms with Gasteiger partial charge in [0.2, 0.25) is 0 Å². The van der Waals surface area contributed by atoms with Crippen molar-refractivity contribution in [1.82, 2.24) is 14.8 Å². The van der Waals surface area contributed by atoms with Crippen molar-refractivity contribution < 1.29 is 13.2 Å². The van der Waals surface area contributed by atoms with Crippen LogP contribution in [0.3, 0.4) is 0 Å². The van der Waals surface area contributed by atoms with Crippen molar-refractivity contribution in [3.63, 3.8) is 0 Å². The predicted molar refractivity (Wildman–Crippen MR) is 77.1 cm³/mol. The molecule has 1 aromatic carbocycles. The highest BCUT2D eigenvalue weighted by molar-refractivity contribution is 7.71. The minimum Gasteiger partial charge on any atom is -0.267 e. The van der Waals surface area contributed by atoms with E-state index in [9.17, 15) is 13.2 Å². The van der Waals surface area contributed by atoms with E-state index in [1.54, 1.807) is 6.07 Å². The van der Waals surface area contributed by atoms with E-state index < -0.39 is 11.7 Å². The topological polar surface area (TPSA) is 33.6 Å². The standard InChI is InChI=1S/C13H8F3N3S2/c14-13(15,16)8-3-1-4-9(7-8)19-11(17-18-12(19)20)10-5-2-6-21-10/h1-7H,(H,18,20). The lowest BCUT2D eigenvalue weighted by Crippen LogP contribution is -2.06. The summed E-state index contributed by atoms with van der Waals surface area (Å²) in [6.07, 6.45) is -4.40. The number of alkyl halides is 3. The van der Waals surface area contributed by atoms with Gasteiger partial charge in [0.05, 0.1) is 16.1 Å². The fraction of sp³-hybridized carbons (Fsp3) is 0.0769. The highest BCUT2D eigenvalue weighted by atomic mass is 32.1.